The van der Waals surface area contributed by atoms with E-state index >= 15 is 0 Å². The van der Waals surface area contributed by atoms with Gasteiger partial charge < -0.3 is 14.8 Å². The average Bonchev–Trinajstić information content (AvgIpc) is 2.65. The Labute approximate surface area is 93.0 Å². The van der Waals surface area contributed by atoms with Crippen molar-refractivity contribution in [3.63, 3.8) is 0 Å². The summed E-state index contributed by atoms with van der Waals surface area (Å²) in [6, 6.07) is 1.47. The second-order valence-corrected chi connectivity index (χ2v) is 4.52. The van der Waals surface area contributed by atoms with Gasteiger partial charge in [0.05, 0.1) is 12.8 Å². The molecule has 15 heavy (non-hydrogen) atoms. The van der Waals surface area contributed by atoms with E-state index in [0.29, 0.717) is 17.6 Å². The number of nitrogens with one attached hydrogen (secondary N) is 1. The van der Waals surface area contributed by atoms with Crippen LogP contribution in [-0.4, -0.2) is 29.1 Å². The van der Waals surface area contributed by atoms with Crippen molar-refractivity contribution in [3.8, 4) is 0 Å². The zero-order valence-corrected chi connectivity index (χ0v) is 9.63. The molecule has 1 aromatic heterocycles. The van der Waals surface area contributed by atoms with Gasteiger partial charge in [-0.05, 0) is 12.3 Å². The molecule has 1 rings (SSSR count). The SMILES string of the molecule is CSC(C)CNCc1occc1C(=O)O. The zero-order valence-electron chi connectivity index (χ0n) is 8.82. The third-order valence-electron chi connectivity index (χ3n) is 2.10. The van der Waals surface area contributed by atoms with E-state index in [4.69, 9.17) is 9.52 Å². The summed E-state index contributed by atoms with van der Waals surface area (Å²) in [4.78, 5) is 10.7. The Bertz CT molecular complexity index is 324. The number of furan rings is 1. The van der Waals surface area contributed by atoms with E-state index in [2.05, 4.69) is 12.2 Å². The molecule has 1 atom stereocenters. The van der Waals surface area contributed by atoms with Crippen LogP contribution in [0, 0.1) is 0 Å². The molecule has 0 amide bonds. The predicted molar refractivity (Wildman–Crippen MR) is 60.4 cm³/mol. The van der Waals surface area contributed by atoms with Crippen molar-refractivity contribution in [2.45, 2.75) is 18.7 Å². The van der Waals surface area contributed by atoms with Crippen molar-refractivity contribution in [1.29, 1.82) is 0 Å². The largest absolute Gasteiger partial charge is 0.478 e. The van der Waals surface area contributed by atoms with Crippen LogP contribution >= 0.6 is 11.8 Å². The van der Waals surface area contributed by atoms with Gasteiger partial charge in [-0.15, -0.1) is 0 Å². The van der Waals surface area contributed by atoms with Crippen LogP contribution in [0.3, 0.4) is 0 Å². The predicted octanol–water partition coefficient (Wildman–Crippen LogP) is 1.82. The molecule has 0 bridgehead atoms. The summed E-state index contributed by atoms with van der Waals surface area (Å²) in [7, 11) is 0. The molecule has 1 aromatic rings. The number of thioether (sulfide) groups is 1. The monoisotopic (exact) mass is 229 g/mol. The van der Waals surface area contributed by atoms with Gasteiger partial charge in [-0.25, -0.2) is 4.79 Å². The van der Waals surface area contributed by atoms with Gasteiger partial charge in [-0.2, -0.15) is 11.8 Å². The average molecular weight is 229 g/mol. The third kappa shape index (κ3) is 3.60. The molecule has 1 heterocycles. The van der Waals surface area contributed by atoms with Gasteiger partial charge in [0.2, 0.25) is 0 Å². The fourth-order valence-electron chi connectivity index (χ4n) is 1.14. The van der Waals surface area contributed by atoms with Crippen molar-refractivity contribution >= 4 is 17.7 Å². The van der Waals surface area contributed by atoms with Crippen LogP contribution < -0.4 is 5.32 Å². The highest BCUT2D eigenvalue weighted by molar-refractivity contribution is 7.99. The molecule has 0 aliphatic heterocycles. The molecular weight excluding hydrogens is 214 g/mol. The van der Waals surface area contributed by atoms with Crippen LogP contribution in [0.1, 0.15) is 23.0 Å². The van der Waals surface area contributed by atoms with Crippen molar-refractivity contribution in [1.82, 2.24) is 5.32 Å². The van der Waals surface area contributed by atoms with Gasteiger partial charge in [-0.1, -0.05) is 6.92 Å². The molecule has 0 aromatic carbocycles. The molecule has 1 unspecified atom stereocenters. The highest BCUT2D eigenvalue weighted by Crippen LogP contribution is 2.10. The van der Waals surface area contributed by atoms with E-state index in [1.54, 1.807) is 11.8 Å². The minimum absolute atomic E-state index is 0.235. The zero-order chi connectivity index (χ0) is 11.3. The molecule has 0 aliphatic carbocycles. The van der Waals surface area contributed by atoms with Crippen LogP contribution in [-0.2, 0) is 6.54 Å². The summed E-state index contributed by atoms with van der Waals surface area (Å²) in [5.41, 5.74) is 0.235. The second kappa shape index (κ2) is 5.82. The maximum absolute atomic E-state index is 10.7. The van der Waals surface area contributed by atoms with E-state index in [9.17, 15) is 4.79 Å². The van der Waals surface area contributed by atoms with E-state index < -0.39 is 5.97 Å². The van der Waals surface area contributed by atoms with Gasteiger partial charge in [0.15, 0.2) is 0 Å². The topological polar surface area (TPSA) is 62.5 Å². The van der Waals surface area contributed by atoms with Crippen molar-refractivity contribution in [2.24, 2.45) is 0 Å². The van der Waals surface area contributed by atoms with E-state index in [1.807, 2.05) is 6.26 Å². The van der Waals surface area contributed by atoms with Crippen LogP contribution in [0.15, 0.2) is 16.7 Å². The lowest BCUT2D eigenvalue weighted by molar-refractivity contribution is 0.0694. The molecule has 0 aliphatic rings. The minimum atomic E-state index is -0.946. The Morgan fingerprint density at radius 1 is 1.73 bits per heavy atom. The Morgan fingerprint density at radius 2 is 2.47 bits per heavy atom. The Balaban J connectivity index is 2.44. The standard InChI is InChI=1S/C10H15NO3S/c1-7(15-2)5-11-6-9-8(10(12)13)3-4-14-9/h3-4,7,11H,5-6H2,1-2H3,(H,12,13). The fourth-order valence-corrected chi connectivity index (χ4v) is 1.42. The van der Waals surface area contributed by atoms with Crippen LogP contribution in [0.5, 0.6) is 0 Å². The molecular formula is C10H15NO3S. The number of aromatic carboxylic acids is 1. The normalized spacial score (nSPS) is 12.7. The summed E-state index contributed by atoms with van der Waals surface area (Å²) >= 11 is 1.76. The van der Waals surface area contributed by atoms with Gasteiger partial charge in [0.1, 0.15) is 11.3 Å². The van der Waals surface area contributed by atoms with Crippen molar-refractivity contribution in [3.05, 3.63) is 23.7 Å². The van der Waals surface area contributed by atoms with Crippen molar-refractivity contribution in [2.75, 3.05) is 12.8 Å². The highest BCUT2D eigenvalue weighted by Gasteiger charge is 2.12. The number of hydrogen-bond acceptors (Lipinski definition) is 4. The van der Waals surface area contributed by atoms with E-state index in [1.165, 1.54) is 12.3 Å². The number of rotatable bonds is 6. The first kappa shape index (κ1) is 12.1. The van der Waals surface area contributed by atoms with Crippen molar-refractivity contribution < 1.29 is 14.3 Å². The summed E-state index contributed by atoms with van der Waals surface area (Å²) in [5, 5.41) is 12.5. The Kier molecular flexibility index (Phi) is 4.71. The van der Waals surface area contributed by atoms with Gasteiger partial charge in [-0.3, -0.25) is 0 Å². The molecule has 0 fully saturated rings. The number of carboxylic acids is 1. The molecule has 0 spiro atoms. The van der Waals surface area contributed by atoms with E-state index in [0.717, 1.165) is 6.54 Å². The van der Waals surface area contributed by atoms with Crippen LogP contribution in [0.2, 0.25) is 0 Å². The lowest BCUT2D eigenvalue weighted by Crippen LogP contribution is -2.22. The summed E-state index contributed by atoms with van der Waals surface area (Å²) in [6.45, 7) is 3.40. The molecule has 0 saturated carbocycles. The quantitative estimate of drug-likeness (QED) is 0.779. The number of hydrogen-bond donors (Lipinski definition) is 2. The Morgan fingerprint density at radius 3 is 3.07 bits per heavy atom. The Hall–Kier alpha value is -0.940. The maximum Gasteiger partial charge on any atom is 0.339 e. The van der Waals surface area contributed by atoms with Gasteiger partial charge in [0.25, 0.3) is 0 Å². The molecule has 2 N–H and O–H groups in total. The minimum Gasteiger partial charge on any atom is -0.478 e. The smallest absolute Gasteiger partial charge is 0.339 e. The lowest BCUT2D eigenvalue weighted by Gasteiger charge is -2.08. The fraction of sp³-hybridized carbons (Fsp3) is 0.500. The second-order valence-electron chi connectivity index (χ2n) is 3.24. The summed E-state index contributed by atoms with van der Waals surface area (Å²) < 4.78 is 5.09. The van der Waals surface area contributed by atoms with Crippen LogP contribution in [0.4, 0.5) is 0 Å². The maximum atomic E-state index is 10.7. The molecule has 4 nitrogen and oxygen atoms in total. The van der Waals surface area contributed by atoms with Gasteiger partial charge >= 0.3 is 5.97 Å². The third-order valence-corrected chi connectivity index (χ3v) is 3.07. The number of carbonyl (C=O) groups is 1. The number of carboxylic acid groups (broad SMARTS) is 1. The van der Waals surface area contributed by atoms with Gasteiger partial charge in [0, 0.05) is 11.8 Å². The molecule has 5 heteroatoms. The first-order valence-electron chi connectivity index (χ1n) is 4.68. The molecule has 0 radical (unpaired) electrons. The summed E-state index contributed by atoms with van der Waals surface area (Å²) in [5.74, 6) is -0.464. The summed E-state index contributed by atoms with van der Waals surface area (Å²) in [6.07, 6.45) is 3.44. The first-order chi connectivity index (χ1) is 7.15. The highest BCUT2D eigenvalue weighted by atomic mass is 32.2. The molecule has 84 valence electrons. The molecule has 0 saturated heterocycles. The first-order valence-corrected chi connectivity index (χ1v) is 5.97. The van der Waals surface area contributed by atoms with E-state index in [-0.39, 0.29) is 5.56 Å². The van der Waals surface area contributed by atoms with Crippen LogP contribution in [0.25, 0.3) is 0 Å². The lowest BCUT2D eigenvalue weighted by atomic mass is 10.2.